The van der Waals surface area contributed by atoms with Crippen LogP contribution in [0.25, 0.3) is 0 Å². The Morgan fingerprint density at radius 2 is 1.80 bits per heavy atom. The van der Waals surface area contributed by atoms with Gasteiger partial charge in [0.05, 0.1) is 11.6 Å². The Bertz CT molecular complexity index is 599. The summed E-state index contributed by atoms with van der Waals surface area (Å²) in [5, 5.41) is 0. The lowest BCUT2D eigenvalue weighted by Crippen LogP contribution is -2.14. The first-order valence-electron chi connectivity index (χ1n) is 6.03. The number of rotatable bonds is 4. The maximum Gasteiger partial charge on any atom is 0.133 e. The van der Waals surface area contributed by atoms with Crippen LogP contribution in [0.3, 0.4) is 0 Å². The first-order chi connectivity index (χ1) is 9.49. The van der Waals surface area contributed by atoms with E-state index < -0.39 is 17.7 Å². The van der Waals surface area contributed by atoms with Crippen LogP contribution in [0.2, 0.25) is 0 Å². The summed E-state index contributed by atoms with van der Waals surface area (Å²) in [7, 11) is 1.58. The van der Waals surface area contributed by atoms with Gasteiger partial charge in [-0.15, -0.1) is 0 Å². The molecule has 1 unspecified atom stereocenters. The van der Waals surface area contributed by atoms with E-state index in [2.05, 4.69) is 15.9 Å². The van der Waals surface area contributed by atoms with E-state index in [0.29, 0.717) is 12.0 Å². The van der Waals surface area contributed by atoms with Gasteiger partial charge in [0, 0.05) is 12.1 Å². The Kier molecular flexibility index (Phi) is 4.73. The van der Waals surface area contributed by atoms with Crippen LogP contribution in [-0.4, -0.2) is 7.11 Å². The Labute approximate surface area is 124 Å². The molecule has 0 heterocycles. The minimum Gasteiger partial charge on any atom is -0.496 e. The van der Waals surface area contributed by atoms with Crippen LogP contribution < -0.4 is 10.5 Å². The number of hydrogen-bond donors (Lipinski definition) is 1. The fourth-order valence-corrected chi connectivity index (χ4v) is 2.59. The molecule has 2 aromatic carbocycles. The summed E-state index contributed by atoms with van der Waals surface area (Å²) in [6, 6.07) is 8.45. The average molecular weight is 342 g/mol. The van der Waals surface area contributed by atoms with Crippen LogP contribution in [0.15, 0.2) is 40.9 Å². The molecule has 0 saturated heterocycles. The minimum atomic E-state index is -0.619. The van der Waals surface area contributed by atoms with Gasteiger partial charge in [-0.25, -0.2) is 8.78 Å². The molecule has 106 valence electrons. The normalized spacial score (nSPS) is 12.2. The molecule has 1 atom stereocenters. The van der Waals surface area contributed by atoms with Crippen LogP contribution >= 0.6 is 15.9 Å². The van der Waals surface area contributed by atoms with E-state index in [1.807, 2.05) is 18.2 Å². The second kappa shape index (κ2) is 6.33. The minimum absolute atomic E-state index is 0.439. The lowest BCUT2D eigenvalue weighted by Gasteiger charge is -2.13. The first kappa shape index (κ1) is 14.9. The molecule has 5 heteroatoms. The summed E-state index contributed by atoms with van der Waals surface area (Å²) < 4.78 is 32.3. The van der Waals surface area contributed by atoms with Crippen LogP contribution in [0.4, 0.5) is 8.78 Å². The van der Waals surface area contributed by atoms with Crippen molar-refractivity contribution in [2.45, 2.75) is 12.5 Å². The smallest absolute Gasteiger partial charge is 0.133 e. The molecule has 0 aliphatic carbocycles. The van der Waals surface area contributed by atoms with Crippen LogP contribution in [0.1, 0.15) is 17.2 Å². The number of nitrogens with two attached hydrogens (primary N) is 1. The molecule has 0 aliphatic rings. The van der Waals surface area contributed by atoms with Crippen molar-refractivity contribution in [2.75, 3.05) is 7.11 Å². The van der Waals surface area contributed by atoms with E-state index in [4.69, 9.17) is 10.5 Å². The molecule has 2 rings (SSSR count). The van der Waals surface area contributed by atoms with Gasteiger partial charge in [0.25, 0.3) is 0 Å². The van der Waals surface area contributed by atoms with Crippen LogP contribution in [0, 0.1) is 11.6 Å². The highest BCUT2D eigenvalue weighted by molar-refractivity contribution is 9.10. The van der Waals surface area contributed by atoms with Gasteiger partial charge in [-0.2, -0.15) is 0 Å². The molecule has 0 amide bonds. The lowest BCUT2D eigenvalue weighted by atomic mass is 9.99. The second-order valence-corrected chi connectivity index (χ2v) is 5.34. The summed E-state index contributed by atoms with van der Waals surface area (Å²) in [6.07, 6.45) is 0.478. The maximum atomic E-state index is 13.2. The van der Waals surface area contributed by atoms with Crippen molar-refractivity contribution in [1.82, 2.24) is 0 Å². The van der Waals surface area contributed by atoms with Crippen LogP contribution in [-0.2, 0) is 6.42 Å². The molecule has 0 fully saturated rings. The Hall–Kier alpha value is -1.46. The third-order valence-corrected chi connectivity index (χ3v) is 3.60. The fraction of sp³-hybridized carbons (Fsp3) is 0.200. The van der Waals surface area contributed by atoms with Crippen molar-refractivity contribution in [1.29, 1.82) is 0 Å². The number of ether oxygens (including phenoxy) is 1. The largest absolute Gasteiger partial charge is 0.496 e. The molecule has 0 bridgehead atoms. The van der Waals surface area contributed by atoms with Crippen molar-refractivity contribution in [3.63, 3.8) is 0 Å². The molecule has 0 radical (unpaired) electrons. The van der Waals surface area contributed by atoms with Gasteiger partial charge in [0.15, 0.2) is 0 Å². The zero-order valence-electron chi connectivity index (χ0n) is 10.9. The summed E-state index contributed by atoms with van der Waals surface area (Å²) >= 11 is 3.39. The quantitative estimate of drug-likeness (QED) is 0.912. The first-order valence-corrected chi connectivity index (χ1v) is 6.83. The molecule has 2 aromatic rings. The van der Waals surface area contributed by atoms with Crippen molar-refractivity contribution in [3.05, 3.63) is 63.6 Å². The van der Waals surface area contributed by atoms with Crippen LogP contribution in [0.5, 0.6) is 5.75 Å². The number of halogens is 3. The van der Waals surface area contributed by atoms with Gasteiger partial charge in [0.2, 0.25) is 0 Å². The van der Waals surface area contributed by atoms with E-state index in [1.165, 1.54) is 12.1 Å². The second-order valence-electron chi connectivity index (χ2n) is 4.48. The standard InChI is InChI=1S/C15H14BrF2NO/c1-20-15-3-2-9(4-13(15)16)5-14(19)10-6-11(17)8-12(18)7-10/h2-4,6-8,14H,5,19H2,1H3. The number of methoxy groups -OCH3 is 1. The SMILES string of the molecule is COc1ccc(CC(N)c2cc(F)cc(F)c2)cc1Br. The third kappa shape index (κ3) is 3.55. The van der Waals surface area contributed by atoms with Gasteiger partial charge < -0.3 is 10.5 Å². The van der Waals surface area contributed by atoms with E-state index >= 15 is 0 Å². The molecule has 2 nitrogen and oxygen atoms in total. The summed E-state index contributed by atoms with van der Waals surface area (Å²) in [5.41, 5.74) is 7.40. The topological polar surface area (TPSA) is 35.2 Å². The number of benzene rings is 2. The maximum absolute atomic E-state index is 13.2. The van der Waals surface area contributed by atoms with Crippen molar-refractivity contribution in [3.8, 4) is 5.75 Å². The average Bonchev–Trinajstić information content (AvgIpc) is 2.37. The molecule has 20 heavy (non-hydrogen) atoms. The van der Waals surface area contributed by atoms with Gasteiger partial charge in [-0.3, -0.25) is 0 Å². The monoisotopic (exact) mass is 341 g/mol. The third-order valence-electron chi connectivity index (χ3n) is 2.98. The summed E-state index contributed by atoms with van der Waals surface area (Å²) in [6.45, 7) is 0. The molecule has 0 aliphatic heterocycles. The zero-order valence-corrected chi connectivity index (χ0v) is 12.5. The zero-order chi connectivity index (χ0) is 14.7. The van der Waals surface area contributed by atoms with Gasteiger partial charge in [0.1, 0.15) is 17.4 Å². The molecule has 2 N–H and O–H groups in total. The van der Waals surface area contributed by atoms with E-state index in [0.717, 1.165) is 21.9 Å². The Morgan fingerprint density at radius 3 is 2.35 bits per heavy atom. The number of hydrogen-bond acceptors (Lipinski definition) is 2. The predicted molar refractivity (Wildman–Crippen MR) is 77.7 cm³/mol. The Balaban J connectivity index is 2.18. The molecule has 0 spiro atoms. The molecular formula is C15H14BrF2NO. The predicted octanol–water partition coefficient (Wildman–Crippen LogP) is 3.98. The van der Waals surface area contributed by atoms with E-state index in [1.54, 1.807) is 7.11 Å². The lowest BCUT2D eigenvalue weighted by molar-refractivity contribution is 0.412. The van der Waals surface area contributed by atoms with E-state index in [9.17, 15) is 8.78 Å². The van der Waals surface area contributed by atoms with Crippen molar-refractivity contribution >= 4 is 15.9 Å². The van der Waals surface area contributed by atoms with E-state index in [-0.39, 0.29) is 0 Å². The summed E-state index contributed by atoms with van der Waals surface area (Å²) in [4.78, 5) is 0. The van der Waals surface area contributed by atoms with Gasteiger partial charge in [-0.05, 0) is 57.7 Å². The van der Waals surface area contributed by atoms with Gasteiger partial charge >= 0.3 is 0 Å². The Morgan fingerprint density at radius 1 is 1.15 bits per heavy atom. The molecule has 0 saturated carbocycles. The fourth-order valence-electron chi connectivity index (χ4n) is 2.00. The summed E-state index contributed by atoms with van der Waals surface area (Å²) in [5.74, 6) is -0.517. The highest BCUT2D eigenvalue weighted by Crippen LogP contribution is 2.27. The molecule has 0 aromatic heterocycles. The molecular weight excluding hydrogens is 328 g/mol. The highest BCUT2D eigenvalue weighted by atomic mass is 79.9. The van der Waals surface area contributed by atoms with Crippen molar-refractivity contribution < 1.29 is 13.5 Å². The highest BCUT2D eigenvalue weighted by Gasteiger charge is 2.11. The van der Waals surface area contributed by atoms with Gasteiger partial charge in [-0.1, -0.05) is 6.07 Å². The van der Waals surface area contributed by atoms with Crippen molar-refractivity contribution in [2.24, 2.45) is 5.73 Å².